The Morgan fingerprint density at radius 3 is 2.58 bits per heavy atom. The Morgan fingerprint density at radius 1 is 1.35 bits per heavy atom. The first kappa shape index (κ1) is 20.6. The molecular formula is C22H32O4. The SMILES string of the molecule is CC(=O)OC1C(=O)C=C(C)C2CC(C(C)CC(=O)C=C(C)C)CCC21C. The van der Waals surface area contributed by atoms with E-state index < -0.39 is 12.1 Å². The van der Waals surface area contributed by atoms with Gasteiger partial charge in [0.15, 0.2) is 17.7 Å². The summed E-state index contributed by atoms with van der Waals surface area (Å²) in [5.74, 6) is 0.650. The van der Waals surface area contributed by atoms with Gasteiger partial charge >= 0.3 is 5.97 Å². The van der Waals surface area contributed by atoms with Gasteiger partial charge < -0.3 is 4.74 Å². The van der Waals surface area contributed by atoms with Gasteiger partial charge in [-0.2, -0.15) is 0 Å². The molecule has 0 radical (unpaired) electrons. The molecule has 144 valence electrons. The highest BCUT2D eigenvalue weighted by Crippen LogP contribution is 2.53. The maximum atomic E-state index is 12.5. The number of allylic oxidation sites excluding steroid dienone is 3. The summed E-state index contributed by atoms with van der Waals surface area (Å²) in [5.41, 5.74) is 1.77. The minimum absolute atomic E-state index is 0.0957. The molecule has 4 heteroatoms. The van der Waals surface area contributed by atoms with E-state index in [0.717, 1.165) is 30.4 Å². The van der Waals surface area contributed by atoms with Gasteiger partial charge in [-0.1, -0.05) is 25.0 Å². The summed E-state index contributed by atoms with van der Waals surface area (Å²) in [6.45, 7) is 11.5. The van der Waals surface area contributed by atoms with Gasteiger partial charge in [0.05, 0.1) is 0 Å². The van der Waals surface area contributed by atoms with Crippen molar-refractivity contribution in [2.24, 2.45) is 23.2 Å². The van der Waals surface area contributed by atoms with E-state index in [2.05, 4.69) is 13.8 Å². The predicted octanol–water partition coefficient (Wildman–Crippen LogP) is 4.43. The van der Waals surface area contributed by atoms with Gasteiger partial charge in [-0.3, -0.25) is 14.4 Å². The van der Waals surface area contributed by atoms with Crippen LogP contribution in [0.2, 0.25) is 0 Å². The molecule has 5 atom stereocenters. The van der Waals surface area contributed by atoms with Crippen LogP contribution >= 0.6 is 0 Å². The number of hydrogen-bond acceptors (Lipinski definition) is 4. The standard InChI is InChI=1S/C22H32O4/c1-13(2)9-18(24)10-14(3)17-7-8-22(6)19(12-17)15(4)11-20(25)21(22)26-16(5)23/h9,11,14,17,19,21H,7-8,10,12H2,1-6H3. The van der Waals surface area contributed by atoms with E-state index in [9.17, 15) is 14.4 Å². The van der Waals surface area contributed by atoms with Crippen molar-refractivity contribution in [2.45, 2.75) is 73.3 Å². The number of carbonyl (C=O) groups excluding carboxylic acids is 3. The van der Waals surface area contributed by atoms with Crippen LogP contribution in [0.1, 0.15) is 67.2 Å². The molecular weight excluding hydrogens is 328 g/mol. The molecule has 2 aliphatic rings. The van der Waals surface area contributed by atoms with Gasteiger partial charge in [-0.15, -0.1) is 0 Å². The van der Waals surface area contributed by atoms with Gasteiger partial charge in [0.25, 0.3) is 0 Å². The van der Waals surface area contributed by atoms with Crippen LogP contribution in [0.15, 0.2) is 23.3 Å². The summed E-state index contributed by atoms with van der Waals surface area (Å²) in [4.78, 5) is 36.1. The largest absolute Gasteiger partial charge is 0.454 e. The number of esters is 1. The monoisotopic (exact) mass is 360 g/mol. The van der Waals surface area contributed by atoms with E-state index in [0.29, 0.717) is 18.3 Å². The first-order valence-electron chi connectivity index (χ1n) is 9.61. The second-order valence-corrected chi connectivity index (χ2v) is 8.74. The topological polar surface area (TPSA) is 60.4 Å². The fraction of sp³-hybridized carbons (Fsp3) is 0.682. The smallest absolute Gasteiger partial charge is 0.303 e. The molecule has 0 bridgehead atoms. The Bertz CT molecular complexity index is 653. The lowest BCUT2D eigenvalue weighted by molar-refractivity contribution is -0.165. The average molecular weight is 360 g/mol. The lowest BCUT2D eigenvalue weighted by Gasteiger charge is -2.51. The van der Waals surface area contributed by atoms with Crippen LogP contribution in [-0.4, -0.2) is 23.6 Å². The fourth-order valence-corrected chi connectivity index (χ4v) is 4.85. The molecule has 1 saturated carbocycles. The zero-order valence-corrected chi connectivity index (χ0v) is 16.9. The number of rotatable bonds is 5. The summed E-state index contributed by atoms with van der Waals surface area (Å²) >= 11 is 0. The average Bonchev–Trinajstić information content (AvgIpc) is 2.50. The maximum absolute atomic E-state index is 12.5. The molecule has 2 rings (SSSR count). The van der Waals surface area contributed by atoms with E-state index >= 15 is 0 Å². The Balaban J connectivity index is 2.17. The first-order valence-corrected chi connectivity index (χ1v) is 9.61. The lowest BCUT2D eigenvalue weighted by atomic mass is 9.55. The second-order valence-electron chi connectivity index (χ2n) is 8.74. The van der Waals surface area contributed by atoms with Gasteiger partial charge in [0.2, 0.25) is 0 Å². The Kier molecular flexibility index (Phi) is 6.25. The highest BCUT2D eigenvalue weighted by molar-refractivity contribution is 5.97. The number of ether oxygens (including phenoxy) is 1. The quantitative estimate of drug-likeness (QED) is 0.537. The van der Waals surface area contributed by atoms with Crippen LogP contribution < -0.4 is 0 Å². The van der Waals surface area contributed by atoms with Crippen molar-refractivity contribution < 1.29 is 19.1 Å². The van der Waals surface area contributed by atoms with E-state index in [1.165, 1.54) is 6.92 Å². The first-order chi connectivity index (χ1) is 12.0. The molecule has 0 aliphatic heterocycles. The fourth-order valence-electron chi connectivity index (χ4n) is 4.85. The van der Waals surface area contributed by atoms with Crippen LogP contribution in [-0.2, 0) is 19.1 Å². The van der Waals surface area contributed by atoms with E-state index in [1.807, 2.05) is 20.8 Å². The molecule has 5 unspecified atom stereocenters. The molecule has 0 aromatic rings. The van der Waals surface area contributed by atoms with Crippen molar-refractivity contribution in [3.8, 4) is 0 Å². The second kappa shape index (κ2) is 7.89. The number of carbonyl (C=O) groups is 3. The van der Waals surface area contributed by atoms with E-state index in [-0.39, 0.29) is 22.9 Å². The Morgan fingerprint density at radius 2 is 2.00 bits per heavy atom. The van der Waals surface area contributed by atoms with Crippen LogP contribution in [0.3, 0.4) is 0 Å². The van der Waals surface area contributed by atoms with Gasteiger partial charge in [0.1, 0.15) is 0 Å². The van der Waals surface area contributed by atoms with Crippen molar-refractivity contribution in [1.82, 2.24) is 0 Å². The number of fused-ring (bicyclic) bond motifs is 1. The molecule has 0 heterocycles. The van der Waals surface area contributed by atoms with Crippen molar-refractivity contribution in [1.29, 1.82) is 0 Å². The minimum Gasteiger partial charge on any atom is -0.454 e. The van der Waals surface area contributed by atoms with Crippen molar-refractivity contribution >= 4 is 17.5 Å². The van der Waals surface area contributed by atoms with Gasteiger partial charge in [0, 0.05) is 18.8 Å². The van der Waals surface area contributed by atoms with Crippen molar-refractivity contribution in [3.05, 3.63) is 23.3 Å². The summed E-state index contributed by atoms with van der Waals surface area (Å²) in [5, 5.41) is 0. The number of ketones is 2. The van der Waals surface area contributed by atoms with E-state index in [1.54, 1.807) is 12.2 Å². The zero-order chi connectivity index (χ0) is 19.6. The highest BCUT2D eigenvalue weighted by Gasteiger charge is 2.52. The molecule has 2 aliphatic carbocycles. The summed E-state index contributed by atoms with van der Waals surface area (Å²) in [6, 6.07) is 0. The van der Waals surface area contributed by atoms with Crippen LogP contribution in [0.4, 0.5) is 0 Å². The molecule has 4 nitrogen and oxygen atoms in total. The summed E-state index contributed by atoms with van der Waals surface area (Å²) < 4.78 is 5.43. The molecule has 26 heavy (non-hydrogen) atoms. The predicted molar refractivity (Wildman–Crippen MR) is 101 cm³/mol. The molecule has 1 fully saturated rings. The van der Waals surface area contributed by atoms with Crippen LogP contribution in [0, 0.1) is 23.2 Å². The maximum Gasteiger partial charge on any atom is 0.303 e. The summed E-state index contributed by atoms with van der Waals surface area (Å²) in [6.07, 6.45) is 5.98. The molecule has 0 amide bonds. The van der Waals surface area contributed by atoms with Crippen molar-refractivity contribution in [2.75, 3.05) is 0 Å². The van der Waals surface area contributed by atoms with E-state index in [4.69, 9.17) is 4.74 Å². The third-order valence-electron chi connectivity index (χ3n) is 6.23. The molecule has 0 N–H and O–H groups in total. The summed E-state index contributed by atoms with van der Waals surface area (Å²) in [7, 11) is 0. The molecule has 0 saturated heterocycles. The van der Waals surface area contributed by atoms with Crippen LogP contribution in [0.25, 0.3) is 0 Å². The number of hydrogen-bond donors (Lipinski definition) is 0. The van der Waals surface area contributed by atoms with Gasteiger partial charge in [-0.25, -0.2) is 0 Å². The Labute approximate surface area is 157 Å². The third-order valence-corrected chi connectivity index (χ3v) is 6.23. The minimum atomic E-state index is -0.683. The molecule has 0 aromatic heterocycles. The van der Waals surface area contributed by atoms with Crippen LogP contribution in [0.5, 0.6) is 0 Å². The van der Waals surface area contributed by atoms with Gasteiger partial charge in [-0.05, 0) is 69.9 Å². The van der Waals surface area contributed by atoms with Crippen molar-refractivity contribution in [3.63, 3.8) is 0 Å². The lowest BCUT2D eigenvalue weighted by Crippen LogP contribution is -2.52. The molecule has 0 spiro atoms. The normalized spacial score (nSPS) is 32.2. The highest BCUT2D eigenvalue weighted by atomic mass is 16.5. The Hall–Kier alpha value is -1.71. The zero-order valence-electron chi connectivity index (χ0n) is 16.9. The third kappa shape index (κ3) is 4.33. The molecule has 0 aromatic carbocycles.